The standard InChI is InChI=1S/C20H19FN2O3/c1-11-14-9-15-17(10-16(14)23-7-8-25-11)26-19(18(15)20(24)22-2)12-3-5-13(21)6-4-12/h3-6,9-11,23H,7-8H2,1-2H3,(H,22,24)/t11-/m0/s1. The van der Waals surface area contributed by atoms with E-state index in [0.717, 1.165) is 11.3 Å². The van der Waals surface area contributed by atoms with Crippen molar-refractivity contribution < 1.29 is 18.3 Å². The molecular formula is C20H19FN2O3. The molecule has 1 amide bonds. The first kappa shape index (κ1) is 16.6. The third-order valence-electron chi connectivity index (χ3n) is 4.64. The Morgan fingerprint density at radius 3 is 2.77 bits per heavy atom. The molecule has 0 bridgehead atoms. The number of carbonyl (C=O) groups is 1. The van der Waals surface area contributed by atoms with Crippen molar-refractivity contribution in [3.63, 3.8) is 0 Å². The van der Waals surface area contributed by atoms with E-state index in [1.165, 1.54) is 12.1 Å². The summed E-state index contributed by atoms with van der Waals surface area (Å²) in [6.07, 6.45) is -0.0916. The molecule has 2 aromatic carbocycles. The van der Waals surface area contributed by atoms with Crippen LogP contribution < -0.4 is 10.6 Å². The summed E-state index contributed by atoms with van der Waals surface area (Å²) in [5.41, 5.74) is 3.60. The maximum Gasteiger partial charge on any atom is 0.255 e. The molecule has 0 unspecified atom stereocenters. The van der Waals surface area contributed by atoms with Crippen molar-refractivity contribution in [3.8, 4) is 11.3 Å². The molecule has 6 heteroatoms. The van der Waals surface area contributed by atoms with Crippen LogP contribution >= 0.6 is 0 Å². The van der Waals surface area contributed by atoms with Crippen LogP contribution in [0.5, 0.6) is 0 Å². The Balaban J connectivity index is 1.98. The quantitative estimate of drug-likeness (QED) is 0.727. The predicted octanol–water partition coefficient (Wildman–Crippen LogP) is 4.10. The van der Waals surface area contributed by atoms with E-state index in [2.05, 4.69) is 10.6 Å². The first-order valence-electron chi connectivity index (χ1n) is 8.52. The lowest BCUT2D eigenvalue weighted by Gasteiger charge is -2.12. The van der Waals surface area contributed by atoms with Crippen molar-refractivity contribution in [1.29, 1.82) is 0 Å². The molecule has 4 rings (SSSR count). The largest absolute Gasteiger partial charge is 0.455 e. The number of fused-ring (bicyclic) bond motifs is 2. The fraction of sp³-hybridized carbons (Fsp3) is 0.250. The van der Waals surface area contributed by atoms with Crippen molar-refractivity contribution >= 4 is 22.6 Å². The number of carbonyl (C=O) groups excluding carboxylic acids is 1. The normalized spacial score (nSPS) is 16.7. The number of nitrogens with one attached hydrogen (secondary N) is 2. The molecule has 1 aliphatic heterocycles. The fourth-order valence-corrected chi connectivity index (χ4v) is 3.32. The van der Waals surface area contributed by atoms with E-state index in [1.54, 1.807) is 19.2 Å². The van der Waals surface area contributed by atoms with Gasteiger partial charge >= 0.3 is 0 Å². The predicted molar refractivity (Wildman–Crippen MR) is 97.9 cm³/mol. The van der Waals surface area contributed by atoms with Crippen LogP contribution in [0.2, 0.25) is 0 Å². The van der Waals surface area contributed by atoms with Gasteiger partial charge in [-0.1, -0.05) is 0 Å². The van der Waals surface area contributed by atoms with E-state index in [0.29, 0.717) is 41.0 Å². The maximum atomic E-state index is 13.3. The summed E-state index contributed by atoms with van der Waals surface area (Å²) in [7, 11) is 1.58. The Labute approximate surface area is 150 Å². The molecule has 0 aliphatic carbocycles. The van der Waals surface area contributed by atoms with Gasteiger partial charge in [-0.2, -0.15) is 0 Å². The van der Waals surface area contributed by atoms with Crippen LogP contribution in [0.4, 0.5) is 10.1 Å². The lowest BCUT2D eigenvalue weighted by atomic mass is 10.0. The Morgan fingerprint density at radius 2 is 2.04 bits per heavy atom. The van der Waals surface area contributed by atoms with Crippen LogP contribution in [0, 0.1) is 5.82 Å². The molecule has 1 atom stereocenters. The zero-order valence-electron chi connectivity index (χ0n) is 14.6. The maximum absolute atomic E-state index is 13.3. The van der Waals surface area contributed by atoms with Gasteiger partial charge in [0, 0.05) is 41.9 Å². The number of halogens is 1. The monoisotopic (exact) mass is 354 g/mol. The first-order chi connectivity index (χ1) is 12.6. The van der Waals surface area contributed by atoms with E-state index >= 15 is 0 Å². The van der Waals surface area contributed by atoms with Crippen molar-refractivity contribution in [3.05, 3.63) is 53.3 Å². The summed E-state index contributed by atoms with van der Waals surface area (Å²) in [6.45, 7) is 3.30. The third kappa shape index (κ3) is 2.72. The van der Waals surface area contributed by atoms with Crippen molar-refractivity contribution in [2.24, 2.45) is 0 Å². The molecule has 26 heavy (non-hydrogen) atoms. The minimum atomic E-state index is -0.340. The molecule has 3 aromatic rings. The number of hydrogen-bond acceptors (Lipinski definition) is 4. The lowest BCUT2D eigenvalue weighted by Crippen LogP contribution is -2.18. The zero-order valence-corrected chi connectivity index (χ0v) is 14.6. The molecule has 0 saturated heterocycles. The van der Waals surface area contributed by atoms with Gasteiger partial charge in [-0.15, -0.1) is 0 Å². The van der Waals surface area contributed by atoms with Gasteiger partial charge in [0.15, 0.2) is 0 Å². The summed E-state index contributed by atoms with van der Waals surface area (Å²) >= 11 is 0. The fourth-order valence-electron chi connectivity index (χ4n) is 3.32. The minimum absolute atomic E-state index is 0.0916. The van der Waals surface area contributed by atoms with E-state index in [-0.39, 0.29) is 17.8 Å². The van der Waals surface area contributed by atoms with Crippen LogP contribution in [0.3, 0.4) is 0 Å². The summed E-state index contributed by atoms with van der Waals surface area (Å²) in [5, 5.41) is 6.71. The van der Waals surface area contributed by atoms with Gasteiger partial charge in [-0.05, 0) is 37.3 Å². The molecule has 0 saturated carbocycles. The van der Waals surface area contributed by atoms with E-state index < -0.39 is 0 Å². The molecular weight excluding hydrogens is 335 g/mol. The number of furan rings is 1. The molecule has 0 spiro atoms. The SMILES string of the molecule is CNC(=O)c1c(-c2ccc(F)cc2)oc2cc3c(cc12)[C@H](C)OCCN3. The summed E-state index contributed by atoms with van der Waals surface area (Å²) < 4.78 is 25.1. The number of ether oxygens (including phenoxy) is 1. The Kier molecular flexibility index (Phi) is 4.12. The third-order valence-corrected chi connectivity index (χ3v) is 4.64. The molecule has 5 nitrogen and oxygen atoms in total. The van der Waals surface area contributed by atoms with Gasteiger partial charge in [0.05, 0.1) is 18.3 Å². The van der Waals surface area contributed by atoms with Gasteiger partial charge in [-0.3, -0.25) is 4.79 Å². The Morgan fingerprint density at radius 1 is 1.27 bits per heavy atom. The van der Waals surface area contributed by atoms with Crippen LogP contribution in [0.15, 0.2) is 40.8 Å². The Bertz CT molecular complexity index is 979. The van der Waals surface area contributed by atoms with Gasteiger partial charge in [0.2, 0.25) is 0 Å². The van der Waals surface area contributed by atoms with E-state index in [1.807, 2.05) is 19.1 Å². The van der Waals surface area contributed by atoms with Crippen LogP contribution in [0.1, 0.15) is 28.9 Å². The molecule has 0 fully saturated rings. The van der Waals surface area contributed by atoms with E-state index in [9.17, 15) is 9.18 Å². The van der Waals surface area contributed by atoms with Crippen molar-refractivity contribution in [2.45, 2.75) is 13.0 Å². The number of benzene rings is 2. The summed E-state index contributed by atoms with van der Waals surface area (Å²) in [4.78, 5) is 12.6. The number of amides is 1. The topological polar surface area (TPSA) is 63.5 Å². The second-order valence-corrected chi connectivity index (χ2v) is 6.27. The smallest absolute Gasteiger partial charge is 0.255 e. The van der Waals surface area contributed by atoms with Gasteiger partial charge in [0.1, 0.15) is 17.2 Å². The van der Waals surface area contributed by atoms with Gasteiger partial charge < -0.3 is 19.8 Å². The highest BCUT2D eigenvalue weighted by Crippen LogP contribution is 2.39. The second kappa shape index (κ2) is 6.46. The average molecular weight is 354 g/mol. The van der Waals surface area contributed by atoms with Crippen molar-refractivity contribution in [1.82, 2.24) is 5.32 Å². The van der Waals surface area contributed by atoms with Crippen LogP contribution in [-0.4, -0.2) is 26.1 Å². The molecule has 2 N–H and O–H groups in total. The van der Waals surface area contributed by atoms with Gasteiger partial charge in [-0.25, -0.2) is 4.39 Å². The van der Waals surface area contributed by atoms with Crippen molar-refractivity contribution in [2.75, 3.05) is 25.5 Å². The number of hydrogen-bond donors (Lipinski definition) is 2. The summed E-state index contributed by atoms with van der Waals surface area (Å²) in [6, 6.07) is 9.75. The molecule has 0 radical (unpaired) electrons. The molecule has 134 valence electrons. The van der Waals surface area contributed by atoms with Crippen LogP contribution in [0.25, 0.3) is 22.3 Å². The first-order valence-corrected chi connectivity index (χ1v) is 8.52. The second-order valence-electron chi connectivity index (χ2n) is 6.27. The molecule has 1 aliphatic rings. The highest BCUT2D eigenvalue weighted by molar-refractivity contribution is 6.11. The highest BCUT2D eigenvalue weighted by Gasteiger charge is 2.25. The molecule has 1 aromatic heterocycles. The number of rotatable bonds is 2. The molecule has 2 heterocycles. The minimum Gasteiger partial charge on any atom is -0.455 e. The van der Waals surface area contributed by atoms with Crippen LogP contribution in [-0.2, 0) is 4.74 Å². The summed E-state index contributed by atoms with van der Waals surface area (Å²) in [5.74, 6) is -0.167. The zero-order chi connectivity index (χ0) is 18.3. The highest BCUT2D eigenvalue weighted by atomic mass is 19.1. The average Bonchev–Trinajstić information content (AvgIpc) is 2.92. The van der Waals surface area contributed by atoms with Gasteiger partial charge in [0.25, 0.3) is 5.91 Å². The lowest BCUT2D eigenvalue weighted by molar-refractivity contribution is 0.0777. The Hall–Kier alpha value is -2.86. The number of anilines is 1. The van der Waals surface area contributed by atoms with E-state index in [4.69, 9.17) is 9.15 Å².